The van der Waals surface area contributed by atoms with Gasteiger partial charge in [-0.25, -0.2) is 0 Å². The molecule has 1 amide bonds. The van der Waals surface area contributed by atoms with E-state index in [1.54, 1.807) is 6.07 Å². The van der Waals surface area contributed by atoms with E-state index in [4.69, 9.17) is 4.74 Å². The van der Waals surface area contributed by atoms with Crippen molar-refractivity contribution in [1.82, 2.24) is 0 Å². The highest BCUT2D eigenvalue weighted by Gasteiger charge is 2.16. The van der Waals surface area contributed by atoms with Crippen LogP contribution in [0.25, 0.3) is 0 Å². The molecule has 0 radical (unpaired) electrons. The zero-order valence-electron chi connectivity index (χ0n) is 10.4. The van der Waals surface area contributed by atoms with Gasteiger partial charge in [0.15, 0.2) is 0 Å². The number of rotatable bonds is 3. The number of benzene rings is 2. The van der Waals surface area contributed by atoms with Crippen LogP contribution in [0.1, 0.15) is 10.4 Å². The highest BCUT2D eigenvalue weighted by Crippen LogP contribution is 2.33. The molecule has 3 nitrogen and oxygen atoms in total. The molecule has 0 atom stereocenters. The van der Waals surface area contributed by atoms with Gasteiger partial charge >= 0.3 is 0 Å². The Balaban J connectivity index is 2.31. The van der Waals surface area contributed by atoms with E-state index in [0.29, 0.717) is 11.3 Å². The zero-order valence-corrected chi connectivity index (χ0v) is 15.2. The number of hydrogen-bond acceptors (Lipinski definition) is 2. The van der Waals surface area contributed by atoms with E-state index < -0.39 is 0 Å². The SMILES string of the molecule is COc1c(Br)cc(Br)cc1C(=O)Nc1ccc(Br)cc1. The third-order valence-corrected chi connectivity index (χ3v) is 4.13. The van der Waals surface area contributed by atoms with Gasteiger partial charge in [-0.1, -0.05) is 31.9 Å². The zero-order chi connectivity index (χ0) is 14.7. The fourth-order valence-electron chi connectivity index (χ4n) is 1.67. The van der Waals surface area contributed by atoms with Gasteiger partial charge in [0.25, 0.3) is 5.91 Å². The van der Waals surface area contributed by atoms with Gasteiger partial charge in [0.1, 0.15) is 5.75 Å². The second-order valence-electron chi connectivity index (χ2n) is 3.93. The van der Waals surface area contributed by atoms with Crippen LogP contribution in [0.15, 0.2) is 49.8 Å². The maximum Gasteiger partial charge on any atom is 0.259 e. The molecule has 2 rings (SSSR count). The summed E-state index contributed by atoms with van der Waals surface area (Å²) in [6.07, 6.45) is 0. The Morgan fingerprint density at radius 2 is 1.70 bits per heavy atom. The Hall–Kier alpha value is -0.850. The second kappa shape index (κ2) is 6.74. The molecule has 0 saturated heterocycles. The van der Waals surface area contributed by atoms with Gasteiger partial charge in [-0.05, 0) is 52.3 Å². The molecule has 0 aliphatic heterocycles. The predicted molar refractivity (Wildman–Crippen MR) is 90.5 cm³/mol. The molecule has 2 aromatic rings. The molecule has 2 aromatic carbocycles. The minimum atomic E-state index is -0.230. The van der Waals surface area contributed by atoms with Crippen molar-refractivity contribution < 1.29 is 9.53 Å². The second-order valence-corrected chi connectivity index (χ2v) is 6.62. The molecular formula is C14H10Br3NO2. The van der Waals surface area contributed by atoms with Crippen LogP contribution in [0.2, 0.25) is 0 Å². The number of methoxy groups -OCH3 is 1. The van der Waals surface area contributed by atoms with E-state index in [2.05, 4.69) is 53.1 Å². The summed E-state index contributed by atoms with van der Waals surface area (Å²) in [5, 5.41) is 2.83. The highest BCUT2D eigenvalue weighted by molar-refractivity contribution is 9.11. The Kier molecular flexibility index (Phi) is 5.23. The van der Waals surface area contributed by atoms with Crippen molar-refractivity contribution in [3.8, 4) is 5.75 Å². The molecule has 0 aliphatic rings. The first-order valence-corrected chi connectivity index (χ1v) is 7.99. The largest absolute Gasteiger partial charge is 0.495 e. The molecule has 0 unspecified atom stereocenters. The molecule has 20 heavy (non-hydrogen) atoms. The van der Waals surface area contributed by atoms with Crippen LogP contribution in [-0.4, -0.2) is 13.0 Å². The van der Waals surface area contributed by atoms with Gasteiger partial charge in [0.2, 0.25) is 0 Å². The summed E-state index contributed by atoms with van der Waals surface area (Å²) in [6, 6.07) is 10.9. The fourth-order valence-corrected chi connectivity index (χ4v) is 3.32. The van der Waals surface area contributed by atoms with E-state index in [1.165, 1.54) is 7.11 Å². The van der Waals surface area contributed by atoms with Gasteiger partial charge in [-0.15, -0.1) is 0 Å². The van der Waals surface area contributed by atoms with E-state index >= 15 is 0 Å². The van der Waals surface area contributed by atoms with Crippen molar-refractivity contribution in [3.05, 3.63) is 55.4 Å². The minimum Gasteiger partial charge on any atom is -0.495 e. The fraction of sp³-hybridized carbons (Fsp3) is 0.0714. The summed E-state index contributed by atoms with van der Waals surface area (Å²) in [4.78, 5) is 12.3. The van der Waals surface area contributed by atoms with E-state index in [9.17, 15) is 4.79 Å². The van der Waals surface area contributed by atoms with Gasteiger partial charge in [-0.2, -0.15) is 0 Å². The van der Waals surface area contributed by atoms with Crippen LogP contribution in [0.3, 0.4) is 0 Å². The number of halogens is 3. The normalized spacial score (nSPS) is 10.2. The lowest BCUT2D eigenvalue weighted by molar-refractivity contribution is 0.102. The van der Waals surface area contributed by atoms with Crippen molar-refractivity contribution in [2.75, 3.05) is 12.4 Å². The molecule has 104 valence electrons. The van der Waals surface area contributed by atoms with Crippen molar-refractivity contribution in [1.29, 1.82) is 0 Å². The topological polar surface area (TPSA) is 38.3 Å². The van der Waals surface area contributed by atoms with Crippen LogP contribution in [0.5, 0.6) is 5.75 Å². The summed E-state index contributed by atoms with van der Waals surface area (Å²) in [7, 11) is 1.53. The minimum absolute atomic E-state index is 0.230. The van der Waals surface area contributed by atoms with Crippen molar-refractivity contribution in [2.24, 2.45) is 0 Å². The molecule has 6 heteroatoms. The molecule has 0 bridgehead atoms. The Bertz CT molecular complexity index is 642. The molecule has 0 spiro atoms. The van der Waals surface area contributed by atoms with Crippen LogP contribution >= 0.6 is 47.8 Å². The number of anilines is 1. The highest BCUT2D eigenvalue weighted by atomic mass is 79.9. The maximum atomic E-state index is 12.3. The number of nitrogens with one attached hydrogen (secondary N) is 1. The molecular weight excluding hydrogens is 454 g/mol. The van der Waals surface area contributed by atoms with Crippen molar-refractivity contribution in [3.63, 3.8) is 0 Å². The molecule has 1 N–H and O–H groups in total. The smallest absolute Gasteiger partial charge is 0.259 e. The quantitative estimate of drug-likeness (QED) is 0.676. The predicted octanol–water partition coefficient (Wildman–Crippen LogP) is 5.24. The molecule has 0 aliphatic carbocycles. The van der Waals surface area contributed by atoms with Gasteiger partial charge in [0, 0.05) is 14.6 Å². The summed E-state index contributed by atoms with van der Waals surface area (Å²) in [5.74, 6) is 0.272. The summed E-state index contributed by atoms with van der Waals surface area (Å²) in [5.41, 5.74) is 1.17. The first kappa shape index (κ1) is 15.5. The van der Waals surface area contributed by atoms with Gasteiger partial charge in [-0.3, -0.25) is 4.79 Å². The lowest BCUT2D eigenvalue weighted by Gasteiger charge is -2.11. The first-order valence-electron chi connectivity index (χ1n) is 5.61. The van der Waals surface area contributed by atoms with Crippen molar-refractivity contribution in [2.45, 2.75) is 0 Å². The number of hydrogen-bond donors (Lipinski definition) is 1. The van der Waals surface area contributed by atoms with Crippen LogP contribution in [0, 0.1) is 0 Å². The third-order valence-electron chi connectivity index (χ3n) is 2.56. The number of amides is 1. The van der Waals surface area contributed by atoms with Crippen LogP contribution in [-0.2, 0) is 0 Å². The van der Waals surface area contributed by atoms with Crippen LogP contribution < -0.4 is 10.1 Å². The van der Waals surface area contributed by atoms with E-state index in [-0.39, 0.29) is 5.91 Å². The Morgan fingerprint density at radius 3 is 2.30 bits per heavy atom. The Labute approximate surface area is 142 Å². The summed E-state index contributed by atoms with van der Waals surface area (Å²) < 4.78 is 7.75. The Morgan fingerprint density at radius 1 is 1.05 bits per heavy atom. The number of carbonyl (C=O) groups excluding carboxylic acids is 1. The lowest BCUT2D eigenvalue weighted by atomic mass is 10.2. The standard InChI is InChI=1S/C14H10Br3NO2/c1-20-13-11(6-9(16)7-12(13)17)14(19)18-10-4-2-8(15)3-5-10/h2-7H,1H3,(H,18,19). The monoisotopic (exact) mass is 461 g/mol. The van der Waals surface area contributed by atoms with Gasteiger partial charge in [0.05, 0.1) is 17.1 Å². The summed E-state index contributed by atoms with van der Waals surface area (Å²) >= 11 is 10.1. The van der Waals surface area contributed by atoms with Crippen molar-refractivity contribution >= 4 is 59.4 Å². The van der Waals surface area contributed by atoms with E-state index in [0.717, 1.165) is 19.1 Å². The molecule has 0 heterocycles. The number of carbonyl (C=O) groups is 1. The molecule has 0 saturated carbocycles. The third kappa shape index (κ3) is 3.62. The molecule has 0 aromatic heterocycles. The van der Waals surface area contributed by atoms with Gasteiger partial charge < -0.3 is 10.1 Å². The maximum absolute atomic E-state index is 12.3. The average molecular weight is 464 g/mol. The summed E-state index contributed by atoms with van der Waals surface area (Å²) in [6.45, 7) is 0. The average Bonchev–Trinajstić information content (AvgIpc) is 2.40. The first-order chi connectivity index (χ1) is 9.51. The number of ether oxygens (including phenoxy) is 1. The molecule has 0 fully saturated rings. The lowest BCUT2D eigenvalue weighted by Crippen LogP contribution is -2.13. The van der Waals surface area contributed by atoms with Crippen LogP contribution in [0.4, 0.5) is 5.69 Å². The van der Waals surface area contributed by atoms with E-state index in [1.807, 2.05) is 30.3 Å².